The van der Waals surface area contributed by atoms with Gasteiger partial charge in [-0.05, 0) is 67.3 Å². The molecule has 1 aromatic heterocycles. The molecule has 0 bridgehead atoms. The number of carbonyl (C=O) groups is 3. The quantitative estimate of drug-likeness (QED) is 0.153. The van der Waals surface area contributed by atoms with Gasteiger partial charge in [-0.15, -0.1) is 0 Å². The van der Waals surface area contributed by atoms with E-state index in [1.807, 2.05) is 30.3 Å². The van der Waals surface area contributed by atoms with Crippen molar-refractivity contribution in [2.75, 3.05) is 51.8 Å². The van der Waals surface area contributed by atoms with Gasteiger partial charge in [-0.3, -0.25) is 24.2 Å². The number of benzene rings is 3. The number of sulfonamides is 1. The minimum atomic E-state index is -4.00. The summed E-state index contributed by atoms with van der Waals surface area (Å²) in [5.41, 5.74) is 3.54. The molecule has 6 rings (SSSR count). The van der Waals surface area contributed by atoms with Gasteiger partial charge >= 0.3 is 0 Å². The number of ether oxygens (including phenoxy) is 2. The highest BCUT2D eigenvalue weighted by molar-refractivity contribution is 7.89. The highest BCUT2D eigenvalue weighted by atomic mass is 32.2. The fraction of sp³-hybridized carbons (Fsp3) is 0.342. The number of rotatable bonds is 13. The topological polar surface area (TPSA) is 157 Å². The first kappa shape index (κ1) is 36.6. The standard InChI is InChI=1S/C38H44N6O7S/c1-25(26-10-6-5-7-11-26)42-20-22-43(23-21-42)30-13-8-12-28-35(30)38(47)44(37(28)46)29(27-15-17-32(50-3)33(24-27)51-4)14-9-19-40-36(45)31-16-18-34(41(31)2)52(39,48)49/h5-8,10-13,15-18,24-25,29H,9,14,19-23H2,1-4H3,(H,40,45)(H2,39,48,49)/t25-,29-/m1/s1. The van der Waals surface area contributed by atoms with E-state index in [0.717, 1.165) is 18.8 Å². The van der Waals surface area contributed by atoms with Crippen LogP contribution in [0.1, 0.15) is 74.2 Å². The summed E-state index contributed by atoms with van der Waals surface area (Å²) >= 11 is 0. The molecule has 2 atom stereocenters. The molecule has 13 nitrogen and oxygen atoms in total. The number of hydrogen-bond acceptors (Lipinski definition) is 9. The van der Waals surface area contributed by atoms with Gasteiger partial charge in [-0.25, -0.2) is 13.6 Å². The summed E-state index contributed by atoms with van der Waals surface area (Å²) in [6, 6.07) is 23.4. The zero-order valence-corrected chi connectivity index (χ0v) is 30.6. The number of imide groups is 1. The number of primary sulfonamides is 1. The minimum Gasteiger partial charge on any atom is -0.493 e. The highest BCUT2D eigenvalue weighted by Crippen LogP contribution is 2.40. The lowest BCUT2D eigenvalue weighted by molar-refractivity contribution is 0.0570. The molecule has 0 aliphatic carbocycles. The molecule has 0 unspecified atom stereocenters. The molecule has 1 fully saturated rings. The molecule has 3 amide bonds. The van der Waals surface area contributed by atoms with Crippen molar-refractivity contribution in [3.8, 4) is 11.5 Å². The van der Waals surface area contributed by atoms with E-state index in [4.69, 9.17) is 14.6 Å². The van der Waals surface area contributed by atoms with Gasteiger partial charge in [0.2, 0.25) is 0 Å². The van der Waals surface area contributed by atoms with Crippen LogP contribution in [0.15, 0.2) is 83.9 Å². The largest absolute Gasteiger partial charge is 0.493 e. The van der Waals surface area contributed by atoms with Crippen LogP contribution >= 0.6 is 0 Å². The predicted octanol–water partition coefficient (Wildman–Crippen LogP) is 4.12. The molecule has 3 aromatic carbocycles. The lowest BCUT2D eigenvalue weighted by Gasteiger charge is -2.39. The van der Waals surface area contributed by atoms with Crippen molar-refractivity contribution in [1.29, 1.82) is 0 Å². The van der Waals surface area contributed by atoms with Crippen LogP contribution in [0.25, 0.3) is 0 Å². The Kier molecular flexibility index (Phi) is 10.7. The van der Waals surface area contributed by atoms with E-state index in [0.29, 0.717) is 54.1 Å². The normalized spacial score (nSPS) is 16.1. The smallest absolute Gasteiger partial charge is 0.267 e. The zero-order valence-electron chi connectivity index (χ0n) is 29.7. The molecule has 3 heterocycles. The third kappa shape index (κ3) is 7.14. The Labute approximate surface area is 303 Å². The third-order valence-corrected chi connectivity index (χ3v) is 11.0. The molecule has 0 radical (unpaired) electrons. The van der Waals surface area contributed by atoms with Gasteiger partial charge in [0.25, 0.3) is 27.7 Å². The number of aromatic nitrogens is 1. The number of piperazine rings is 1. The number of anilines is 1. The molecule has 2 aliphatic heterocycles. The van der Waals surface area contributed by atoms with Crippen molar-refractivity contribution in [1.82, 2.24) is 19.7 Å². The van der Waals surface area contributed by atoms with Gasteiger partial charge in [0, 0.05) is 45.8 Å². The number of carbonyl (C=O) groups excluding carboxylic acids is 3. The van der Waals surface area contributed by atoms with E-state index in [1.54, 1.807) is 24.3 Å². The van der Waals surface area contributed by atoms with Crippen molar-refractivity contribution in [3.63, 3.8) is 0 Å². The van der Waals surface area contributed by atoms with Crippen LogP contribution in [0.3, 0.4) is 0 Å². The Bertz CT molecular complexity index is 2080. The molecule has 2 aliphatic rings. The van der Waals surface area contributed by atoms with Gasteiger partial charge in [0.05, 0.1) is 37.1 Å². The fourth-order valence-electron chi connectivity index (χ4n) is 7.22. The summed E-state index contributed by atoms with van der Waals surface area (Å²) in [5, 5.41) is 7.90. The summed E-state index contributed by atoms with van der Waals surface area (Å²) in [5.74, 6) is -0.291. The van der Waals surface area contributed by atoms with Crippen molar-refractivity contribution in [2.24, 2.45) is 12.2 Å². The maximum absolute atomic E-state index is 14.4. The minimum absolute atomic E-state index is 0.128. The number of amides is 3. The molecule has 52 heavy (non-hydrogen) atoms. The maximum atomic E-state index is 14.4. The first-order valence-electron chi connectivity index (χ1n) is 17.2. The molecule has 4 aromatic rings. The molecular weight excluding hydrogens is 685 g/mol. The molecule has 1 saturated heterocycles. The van der Waals surface area contributed by atoms with Crippen molar-refractivity contribution < 1.29 is 32.3 Å². The Balaban J connectivity index is 1.22. The Hall–Kier alpha value is -5.18. The van der Waals surface area contributed by atoms with E-state index >= 15 is 0 Å². The number of nitrogens with zero attached hydrogens (tertiary/aromatic N) is 4. The number of hydrogen-bond donors (Lipinski definition) is 2. The van der Waals surface area contributed by atoms with Crippen LogP contribution in [0.2, 0.25) is 0 Å². The van der Waals surface area contributed by atoms with Gasteiger partial charge < -0.3 is 24.3 Å². The molecule has 274 valence electrons. The molecule has 14 heteroatoms. The summed E-state index contributed by atoms with van der Waals surface area (Å²) in [7, 11) is 0.495. The number of fused-ring (bicyclic) bond motifs is 1. The summed E-state index contributed by atoms with van der Waals surface area (Å²) in [6.45, 7) is 5.41. The summed E-state index contributed by atoms with van der Waals surface area (Å²) in [4.78, 5) is 47.5. The molecular formula is C38H44N6O7S. The van der Waals surface area contributed by atoms with Crippen molar-refractivity contribution in [2.45, 2.75) is 36.9 Å². The zero-order chi connectivity index (χ0) is 37.2. The lowest BCUT2D eigenvalue weighted by atomic mass is 9.99. The second-order valence-corrected chi connectivity index (χ2v) is 14.5. The molecule has 0 saturated carbocycles. The Morgan fingerprint density at radius 3 is 2.23 bits per heavy atom. The van der Waals surface area contributed by atoms with Gasteiger partial charge in [0.1, 0.15) is 5.69 Å². The number of nitrogens with two attached hydrogens (primary N) is 1. The predicted molar refractivity (Wildman–Crippen MR) is 196 cm³/mol. The first-order chi connectivity index (χ1) is 24.9. The monoisotopic (exact) mass is 728 g/mol. The molecule has 0 spiro atoms. The third-order valence-electron chi connectivity index (χ3n) is 10.1. The maximum Gasteiger partial charge on any atom is 0.267 e. The van der Waals surface area contributed by atoms with Gasteiger partial charge in [-0.1, -0.05) is 42.5 Å². The average molecular weight is 729 g/mol. The van der Waals surface area contributed by atoms with Crippen LogP contribution in [0.4, 0.5) is 5.69 Å². The van der Waals surface area contributed by atoms with Gasteiger partial charge in [0.15, 0.2) is 16.5 Å². The second-order valence-electron chi connectivity index (χ2n) is 13.0. The SMILES string of the molecule is COc1ccc([C@@H](CCCNC(=O)c2ccc(S(N)(=O)=O)n2C)N2C(=O)c3cccc(N4CCN([C@H](C)c5ccccc5)CC4)c3C2=O)cc1OC. The van der Waals surface area contributed by atoms with Crippen molar-refractivity contribution in [3.05, 3.63) is 107 Å². The van der Waals surface area contributed by atoms with Crippen LogP contribution in [-0.2, 0) is 17.1 Å². The Morgan fingerprint density at radius 1 is 0.865 bits per heavy atom. The summed E-state index contributed by atoms with van der Waals surface area (Å²) in [6.07, 6.45) is 0.710. The van der Waals surface area contributed by atoms with Crippen LogP contribution in [0.5, 0.6) is 11.5 Å². The van der Waals surface area contributed by atoms with E-state index in [9.17, 15) is 22.8 Å². The lowest BCUT2D eigenvalue weighted by Crippen LogP contribution is -2.47. The molecule has 3 N–H and O–H groups in total. The number of nitrogens with one attached hydrogen (secondary N) is 1. The average Bonchev–Trinajstić information content (AvgIpc) is 3.67. The first-order valence-corrected chi connectivity index (χ1v) is 18.7. The fourth-order valence-corrected chi connectivity index (χ4v) is 7.96. The summed E-state index contributed by atoms with van der Waals surface area (Å²) < 4.78 is 35.9. The highest BCUT2D eigenvalue weighted by Gasteiger charge is 2.43. The van der Waals surface area contributed by atoms with E-state index in [2.05, 4.69) is 34.2 Å². The van der Waals surface area contributed by atoms with Gasteiger partial charge in [-0.2, -0.15) is 0 Å². The van der Waals surface area contributed by atoms with Crippen LogP contribution in [0, 0.1) is 0 Å². The second kappa shape index (κ2) is 15.2. The van der Waals surface area contributed by atoms with E-state index < -0.39 is 22.0 Å². The van der Waals surface area contributed by atoms with E-state index in [-0.39, 0.29) is 35.1 Å². The van der Waals surface area contributed by atoms with Crippen LogP contribution < -0.4 is 24.8 Å². The number of methoxy groups -OCH3 is 2. The Morgan fingerprint density at radius 2 is 1.58 bits per heavy atom. The van der Waals surface area contributed by atoms with E-state index in [1.165, 1.54) is 48.4 Å². The van der Waals surface area contributed by atoms with Crippen LogP contribution in [-0.4, -0.2) is 87.4 Å². The van der Waals surface area contributed by atoms with Crippen molar-refractivity contribution >= 4 is 33.4 Å².